The van der Waals surface area contributed by atoms with Gasteiger partial charge in [-0.3, -0.25) is 4.79 Å². The molecule has 0 saturated heterocycles. The minimum Gasteiger partial charge on any atom is -0.318 e. The molecule has 1 aromatic heterocycles. The third-order valence-electron chi connectivity index (χ3n) is 4.02. The molecule has 3 N–H and O–H groups in total. The maximum absolute atomic E-state index is 12.0. The van der Waals surface area contributed by atoms with E-state index in [0.29, 0.717) is 11.0 Å². The van der Waals surface area contributed by atoms with Crippen molar-refractivity contribution in [3.63, 3.8) is 0 Å². The minimum atomic E-state index is -0.890. The third-order valence-corrected chi connectivity index (χ3v) is 5.05. The minimum absolute atomic E-state index is 0. The Morgan fingerprint density at radius 3 is 2.70 bits per heavy atom. The normalized spacial score (nSPS) is 17.1. The summed E-state index contributed by atoms with van der Waals surface area (Å²) in [5, 5.41) is 3.51. The number of aromatic nitrogens is 1. The summed E-state index contributed by atoms with van der Waals surface area (Å²) in [7, 11) is 0. The fraction of sp³-hybridized carbons (Fsp3) is 0.412. The number of benzene rings is 1. The van der Waals surface area contributed by atoms with Crippen LogP contribution < -0.4 is 11.1 Å². The van der Waals surface area contributed by atoms with Gasteiger partial charge in [0, 0.05) is 4.88 Å². The monoisotopic (exact) mass is 351 g/mol. The second kappa shape index (κ2) is 6.99. The Morgan fingerprint density at radius 2 is 2.04 bits per heavy atom. The Balaban J connectivity index is 0.00000192. The lowest BCUT2D eigenvalue weighted by Gasteiger charge is -2.21. The van der Waals surface area contributed by atoms with E-state index in [0.717, 1.165) is 25.0 Å². The second-order valence-electron chi connectivity index (χ2n) is 6.42. The Labute approximate surface area is 146 Å². The number of carbonyl (C=O) groups is 1. The smallest absolute Gasteiger partial charge is 0.245 e. The van der Waals surface area contributed by atoms with Crippen LogP contribution in [0.4, 0.5) is 5.13 Å². The first kappa shape index (κ1) is 17.9. The van der Waals surface area contributed by atoms with Gasteiger partial charge >= 0.3 is 0 Å². The van der Waals surface area contributed by atoms with Crippen molar-refractivity contribution in [2.45, 2.75) is 44.6 Å². The molecule has 0 radical (unpaired) electrons. The molecule has 3 rings (SSSR count). The van der Waals surface area contributed by atoms with Crippen LogP contribution in [0.1, 0.15) is 42.3 Å². The van der Waals surface area contributed by atoms with Crippen molar-refractivity contribution in [2.75, 3.05) is 5.32 Å². The zero-order valence-electron chi connectivity index (χ0n) is 13.3. The molecule has 1 aliphatic carbocycles. The molecule has 1 heterocycles. The summed E-state index contributed by atoms with van der Waals surface area (Å²) in [5.74, 6) is 0.349. The Hall–Kier alpha value is -1.43. The van der Waals surface area contributed by atoms with Crippen LogP contribution in [0.5, 0.6) is 0 Å². The number of hydrogen-bond acceptors (Lipinski definition) is 4. The first-order valence-corrected chi connectivity index (χ1v) is 8.39. The van der Waals surface area contributed by atoms with Crippen molar-refractivity contribution in [1.29, 1.82) is 0 Å². The van der Waals surface area contributed by atoms with Gasteiger partial charge in [-0.25, -0.2) is 4.98 Å². The zero-order valence-corrected chi connectivity index (χ0v) is 15.0. The first-order chi connectivity index (χ1) is 10.4. The molecule has 1 aliphatic rings. The Morgan fingerprint density at radius 1 is 1.35 bits per heavy atom. The molecule has 124 valence electrons. The summed E-state index contributed by atoms with van der Waals surface area (Å²) in [6.07, 6.45) is 3.07. The van der Waals surface area contributed by atoms with Gasteiger partial charge in [-0.1, -0.05) is 30.3 Å². The molecule has 6 heteroatoms. The van der Waals surface area contributed by atoms with E-state index in [4.69, 9.17) is 5.73 Å². The average molecular weight is 352 g/mol. The molecular weight excluding hydrogens is 330 g/mol. The highest BCUT2D eigenvalue weighted by molar-refractivity contribution is 7.15. The molecule has 0 spiro atoms. The number of halogens is 1. The van der Waals surface area contributed by atoms with Gasteiger partial charge in [0.05, 0.1) is 11.2 Å². The number of carbonyl (C=O) groups excluding carboxylic acids is 1. The van der Waals surface area contributed by atoms with Gasteiger partial charge in [0.2, 0.25) is 5.91 Å². The SMILES string of the molecule is CC(C)(N)C(=O)Nc1nc2c(s1)CC(c1ccccc1)CC2.Cl. The number of nitrogens with two attached hydrogens (primary N) is 1. The highest BCUT2D eigenvalue weighted by atomic mass is 35.5. The predicted octanol–water partition coefficient (Wildman–Crippen LogP) is 3.51. The topological polar surface area (TPSA) is 68.0 Å². The summed E-state index contributed by atoms with van der Waals surface area (Å²) in [6.45, 7) is 3.39. The fourth-order valence-corrected chi connectivity index (χ4v) is 3.78. The molecule has 0 aliphatic heterocycles. The van der Waals surface area contributed by atoms with E-state index < -0.39 is 5.54 Å². The van der Waals surface area contributed by atoms with Crippen molar-refractivity contribution in [3.05, 3.63) is 46.5 Å². The van der Waals surface area contributed by atoms with Crippen molar-refractivity contribution >= 4 is 34.8 Å². The zero-order chi connectivity index (χ0) is 15.7. The summed E-state index contributed by atoms with van der Waals surface area (Å²) in [4.78, 5) is 17.8. The lowest BCUT2D eigenvalue weighted by Crippen LogP contribution is -2.45. The lowest BCUT2D eigenvalue weighted by atomic mass is 9.85. The maximum Gasteiger partial charge on any atom is 0.245 e. The number of thiazole rings is 1. The van der Waals surface area contributed by atoms with Crippen LogP contribution in [-0.2, 0) is 17.6 Å². The molecule has 0 bridgehead atoms. The van der Waals surface area contributed by atoms with Crippen LogP contribution in [0.15, 0.2) is 30.3 Å². The van der Waals surface area contributed by atoms with E-state index in [1.54, 1.807) is 25.2 Å². The van der Waals surface area contributed by atoms with E-state index in [2.05, 4.69) is 34.6 Å². The highest BCUT2D eigenvalue weighted by Crippen LogP contribution is 2.36. The van der Waals surface area contributed by atoms with Gasteiger partial charge in [-0.15, -0.1) is 23.7 Å². The van der Waals surface area contributed by atoms with E-state index in [1.807, 2.05) is 6.07 Å². The second-order valence-corrected chi connectivity index (χ2v) is 7.50. The molecule has 2 aromatic rings. The Kier molecular flexibility index (Phi) is 5.45. The van der Waals surface area contributed by atoms with Gasteiger partial charge in [-0.05, 0) is 44.6 Å². The summed E-state index contributed by atoms with van der Waals surface area (Å²) in [6, 6.07) is 10.6. The largest absolute Gasteiger partial charge is 0.318 e. The molecule has 1 amide bonds. The van der Waals surface area contributed by atoms with Crippen LogP contribution in [0, 0.1) is 0 Å². The lowest BCUT2D eigenvalue weighted by molar-refractivity contribution is -0.120. The average Bonchev–Trinajstić information content (AvgIpc) is 2.88. The third kappa shape index (κ3) is 4.10. The van der Waals surface area contributed by atoms with Crippen molar-refractivity contribution in [3.8, 4) is 0 Å². The highest BCUT2D eigenvalue weighted by Gasteiger charge is 2.26. The molecule has 1 unspecified atom stereocenters. The van der Waals surface area contributed by atoms with E-state index in [9.17, 15) is 4.79 Å². The van der Waals surface area contributed by atoms with E-state index in [1.165, 1.54) is 10.4 Å². The number of anilines is 1. The number of aryl methyl sites for hydroxylation is 1. The van der Waals surface area contributed by atoms with E-state index in [-0.39, 0.29) is 18.3 Å². The van der Waals surface area contributed by atoms with Crippen molar-refractivity contribution in [1.82, 2.24) is 4.98 Å². The van der Waals surface area contributed by atoms with Crippen LogP contribution in [0.25, 0.3) is 0 Å². The molecule has 0 fully saturated rings. The molecule has 4 nitrogen and oxygen atoms in total. The maximum atomic E-state index is 12.0. The van der Waals surface area contributed by atoms with Gasteiger partial charge in [0.25, 0.3) is 0 Å². The van der Waals surface area contributed by atoms with Gasteiger partial charge < -0.3 is 11.1 Å². The number of rotatable bonds is 3. The first-order valence-electron chi connectivity index (χ1n) is 7.57. The summed E-state index contributed by atoms with van der Waals surface area (Å²) in [5.41, 5.74) is 7.43. The molecule has 0 saturated carbocycles. The number of nitrogens with zero attached hydrogens (tertiary/aromatic N) is 1. The summed E-state index contributed by atoms with van der Waals surface area (Å²) >= 11 is 1.58. The number of fused-ring (bicyclic) bond motifs is 1. The molecule has 1 aromatic carbocycles. The standard InChI is InChI=1S/C17H21N3OS.ClH/c1-17(2,18)15(21)20-16-19-13-9-8-12(10-14(13)22-16)11-6-4-3-5-7-11;/h3-7,12H,8-10,18H2,1-2H3,(H,19,20,21);1H. The van der Waals surface area contributed by atoms with E-state index >= 15 is 0 Å². The number of hydrogen-bond donors (Lipinski definition) is 2. The predicted molar refractivity (Wildman–Crippen MR) is 97.5 cm³/mol. The van der Waals surface area contributed by atoms with Crippen molar-refractivity contribution in [2.24, 2.45) is 5.73 Å². The molecular formula is C17H22ClN3OS. The molecule has 1 atom stereocenters. The quantitative estimate of drug-likeness (QED) is 0.889. The van der Waals surface area contributed by atoms with Crippen LogP contribution in [0.3, 0.4) is 0 Å². The Bertz CT molecular complexity index is 679. The van der Waals surface area contributed by atoms with Crippen molar-refractivity contribution < 1.29 is 4.79 Å². The number of amides is 1. The fourth-order valence-electron chi connectivity index (χ4n) is 2.70. The van der Waals surface area contributed by atoms with Crippen LogP contribution in [0.2, 0.25) is 0 Å². The number of nitrogens with one attached hydrogen (secondary N) is 1. The summed E-state index contributed by atoms with van der Waals surface area (Å²) < 4.78 is 0. The van der Waals surface area contributed by atoms with Gasteiger partial charge in [0.1, 0.15) is 0 Å². The van der Waals surface area contributed by atoms with Gasteiger partial charge in [0.15, 0.2) is 5.13 Å². The molecule has 23 heavy (non-hydrogen) atoms. The van der Waals surface area contributed by atoms with Gasteiger partial charge in [-0.2, -0.15) is 0 Å². The van der Waals surface area contributed by atoms with Crippen LogP contribution >= 0.6 is 23.7 Å². The van der Waals surface area contributed by atoms with Crippen LogP contribution in [-0.4, -0.2) is 16.4 Å².